The largest absolute Gasteiger partial charge is 0.309 e. The van der Waals surface area contributed by atoms with Gasteiger partial charge in [0.1, 0.15) is 0 Å². The van der Waals surface area contributed by atoms with Gasteiger partial charge in [0.15, 0.2) is 17.5 Å². The SMILES string of the molecule is C=C/C=C(\C)c1nc(C(=C)/C=C\C)nc(-c2ccc3c(c2)c2ccccc2c2ccc(-n4c5ccccc5c5ccc(-c6ccccc6)cc54)cc23)n1. The maximum atomic E-state index is 4.94. The first-order chi connectivity index (χ1) is 26.0. The molecule has 7 aromatic carbocycles. The van der Waals surface area contributed by atoms with E-state index in [0.717, 1.165) is 27.8 Å². The summed E-state index contributed by atoms with van der Waals surface area (Å²) < 4.78 is 2.41. The summed E-state index contributed by atoms with van der Waals surface area (Å²) in [6, 6.07) is 48.3. The molecule has 0 bridgehead atoms. The molecular formula is C49H36N4. The molecule has 53 heavy (non-hydrogen) atoms. The molecule has 2 aromatic heterocycles. The van der Waals surface area contributed by atoms with Crippen molar-refractivity contribution in [3.8, 4) is 28.2 Å². The minimum Gasteiger partial charge on any atom is -0.309 e. The Morgan fingerprint density at radius 2 is 1.15 bits per heavy atom. The Kier molecular flexibility index (Phi) is 7.86. The van der Waals surface area contributed by atoms with Gasteiger partial charge in [0.05, 0.1) is 11.0 Å². The number of aromatic nitrogens is 4. The van der Waals surface area contributed by atoms with E-state index >= 15 is 0 Å². The van der Waals surface area contributed by atoms with Crippen molar-refractivity contribution in [1.29, 1.82) is 0 Å². The van der Waals surface area contributed by atoms with Gasteiger partial charge in [0, 0.05) is 27.6 Å². The van der Waals surface area contributed by atoms with Crippen LogP contribution in [0.4, 0.5) is 0 Å². The highest BCUT2D eigenvalue weighted by Crippen LogP contribution is 2.40. The van der Waals surface area contributed by atoms with Crippen LogP contribution in [-0.2, 0) is 0 Å². The molecule has 0 radical (unpaired) electrons. The summed E-state index contributed by atoms with van der Waals surface area (Å²) in [6.07, 6.45) is 7.54. The number of hydrogen-bond acceptors (Lipinski definition) is 3. The Balaban J connectivity index is 1.29. The fourth-order valence-corrected chi connectivity index (χ4v) is 7.63. The third kappa shape index (κ3) is 5.44. The Labute approximate surface area is 308 Å². The lowest BCUT2D eigenvalue weighted by Gasteiger charge is -2.15. The minimum absolute atomic E-state index is 0.551. The van der Waals surface area contributed by atoms with E-state index in [0.29, 0.717) is 17.5 Å². The molecule has 0 N–H and O–H groups in total. The van der Waals surface area contributed by atoms with Crippen molar-refractivity contribution in [2.24, 2.45) is 0 Å². The molecule has 0 amide bonds. The number of para-hydroxylation sites is 1. The van der Waals surface area contributed by atoms with Gasteiger partial charge in [-0.2, -0.15) is 0 Å². The second-order valence-corrected chi connectivity index (χ2v) is 13.4. The molecule has 0 unspecified atom stereocenters. The molecule has 0 aliphatic carbocycles. The highest BCUT2D eigenvalue weighted by atomic mass is 15.0. The molecule has 2 heterocycles. The van der Waals surface area contributed by atoms with Crippen LogP contribution in [0.25, 0.3) is 93.5 Å². The van der Waals surface area contributed by atoms with Crippen LogP contribution in [0.1, 0.15) is 25.5 Å². The minimum atomic E-state index is 0.551. The van der Waals surface area contributed by atoms with E-state index < -0.39 is 0 Å². The smallest absolute Gasteiger partial charge is 0.164 e. The van der Waals surface area contributed by atoms with Crippen LogP contribution >= 0.6 is 0 Å². The molecule has 0 atom stereocenters. The first kappa shape index (κ1) is 32.0. The zero-order chi connectivity index (χ0) is 36.1. The summed E-state index contributed by atoms with van der Waals surface area (Å²) in [7, 11) is 0. The highest BCUT2D eigenvalue weighted by Gasteiger charge is 2.17. The molecule has 0 spiro atoms. The van der Waals surface area contributed by atoms with Gasteiger partial charge in [0.2, 0.25) is 0 Å². The van der Waals surface area contributed by atoms with E-state index in [9.17, 15) is 0 Å². The van der Waals surface area contributed by atoms with Crippen LogP contribution in [0.5, 0.6) is 0 Å². The summed E-state index contributed by atoms with van der Waals surface area (Å²) in [5, 5.41) is 9.58. The summed E-state index contributed by atoms with van der Waals surface area (Å²) in [6.45, 7) is 12.0. The van der Waals surface area contributed by atoms with Crippen molar-refractivity contribution in [1.82, 2.24) is 19.5 Å². The van der Waals surface area contributed by atoms with E-state index in [1.165, 1.54) is 59.9 Å². The average molecular weight is 681 g/mol. The number of hydrogen-bond donors (Lipinski definition) is 0. The van der Waals surface area contributed by atoms with E-state index in [1.807, 2.05) is 32.1 Å². The van der Waals surface area contributed by atoms with Crippen LogP contribution in [0.3, 0.4) is 0 Å². The topological polar surface area (TPSA) is 43.6 Å². The lowest BCUT2D eigenvalue weighted by molar-refractivity contribution is 1.000. The fraction of sp³-hybridized carbons (Fsp3) is 0.0408. The van der Waals surface area contributed by atoms with Crippen LogP contribution in [0, 0.1) is 0 Å². The van der Waals surface area contributed by atoms with Crippen molar-refractivity contribution in [3.05, 3.63) is 183 Å². The van der Waals surface area contributed by atoms with Gasteiger partial charge >= 0.3 is 0 Å². The lowest BCUT2D eigenvalue weighted by atomic mass is 9.93. The Hall–Kier alpha value is -6.91. The number of benzene rings is 7. The van der Waals surface area contributed by atoms with Crippen LogP contribution in [0.2, 0.25) is 0 Å². The molecule has 4 heteroatoms. The standard InChI is InChI=1S/C49H36N4/c1-5-14-31(3)47-50-48(32(4)15-6-2)52-49(51-47)35-23-25-40-43(28-35)38-19-11-10-18-37(38)39-27-24-36(30-44(39)40)53-45-21-13-12-20-41(45)42-26-22-34(29-46(42)53)33-16-8-7-9-17-33/h5-30H,1,4H2,2-3H3/b15-6-,31-14+. The van der Waals surface area contributed by atoms with Crippen LogP contribution in [0.15, 0.2) is 171 Å². The van der Waals surface area contributed by atoms with Gasteiger partial charge in [-0.1, -0.05) is 141 Å². The number of allylic oxidation sites excluding steroid dienone is 6. The fourth-order valence-electron chi connectivity index (χ4n) is 7.63. The van der Waals surface area contributed by atoms with Gasteiger partial charge in [0.25, 0.3) is 0 Å². The van der Waals surface area contributed by atoms with Crippen LogP contribution < -0.4 is 0 Å². The molecule has 0 fully saturated rings. The second-order valence-electron chi connectivity index (χ2n) is 13.4. The zero-order valence-electron chi connectivity index (χ0n) is 29.7. The van der Waals surface area contributed by atoms with Crippen molar-refractivity contribution < 1.29 is 0 Å². The summed E-state index contributed by atoms with van der Waals surface area (Å²) in [4.78, 5) is 14.6. The van der Waals surface area contributed by atoms with Gasteiger partial charge in [-0.15, -0.1) is 0 Å². The molecule has 4 nitrogen and oxygen atoms in total. The van der Waals surface area contributed by atoms with E-state index in [-0.39, 0.29) is 0 Å². The van der Waals surface area contributed by atoms with E-state index in [4.69, 9.17) is 15.0 Å². The second kappa shape index (κ2) is 13.0. The predicted octanol–water partition coefficient (Wildman–Crippen LogP) is 12.9. The summed E-state index contributed by atoms with van der Waals surface area (Å²) in [5.41, 5.74) is 8.43. The monoisotopic (exact) mass is 680 g/mol. The molecule has 252 valence electrons. The van der Waals surface area contributed by atoms with Gasteiger partial charge in [-0.3, -0.25) is 0 Å². The van der Waals surface area contributed by atoms with Gasteiger partial charge < -0.3 is 4.57 Å². The van der Waals surface area contributed by atoms with Crippen molar-refractivity contribution in [3.63, 3.8) is 0 Å². The molecule has 9 aromatic rings. The van der Waals surface area contributed by atoms with Crippen molar-refractivity contribution in [2.45, 2.75) is 13.8 Å². The molecule has 0 saturated carbocycles. The van der Waals surface area contributed by atoms with E-state index in [2.05, 4.69) is 151 Å². The first-order valence-electron chi connectivity index (χ1n) is 17.9. The van der Waals surface area contributed by atoms with Crippen molar-refractivity contribution in [2.75, 3.05) is 0 Å². The Morgan fingerprint density at radius 3 is 1.94 bits per heavy atom. The molecular weight excluding hydrogens is 645 g/mol. The molecule has 0 aliphatic rings. The third-order valence-electron chi connectivity index (χ3n) is 10.1. The zero-order valence-corrected chi connectivity index (χ0v) is 29.7. The third-order valence-corrected chi connectivity index (χ3v) is 10.1. The van der Waals surface area contributed by atoms with Crippen molar-refractivity contribution >= 4 is 65.3 Å². The lowest BCUT2D eigenvalue weighted by Crippen LogP contribution is -2.03. The van der Waals surface area contributed by atoms with E-state index in [1.54, 1.807) is 6.08 Å². The molecule has 0 aliphatic heterocycles. The first-order valence-corrected chi connectivity index (χ1v) is 17.9. The molecule has 9 rings (SSSR count). The Morgan fingerprint density at radius 1 is 0.547 bits per heavy atom. The highest BCUT2D eigenvalue weighted by molar-refractivity contribution is 6.26. The summed E-state index contributed by atoms with van der Waals surface area (Å²) >= 11 is 0. The number of rotatable bonds is 7. The summed E-state index contributed by atoms with van der Waals surface area (Å²) in [5.74, 6) is 1.76. The quantitative estimate of drug-likeness (QED) is 0.124. The van der Waals surface area contributed by atoms with Crippen LogP contribution in [-0.4, -0.2) is 19.5 Å². The number of fused-ring (bicyclic) bond motifs is 9. The average Bonchev–Trinajstić information content (AvgIpc) is 3.54. The molecule has 0 saturated heterocycles. The maximum Gasteiger partial charge on any atom is 0.164 e. The Bertz CT molecular complexity index is 3000. The normalized spacial score (nSPS) is 12.2. The predicted molar refractivity (Wildman–Crippen MR) is 225 cm³/mol. The van der Waals surface area contributed by atoms with Gasteiger partial charge in [-0.25, -0.2) is 15.0 Å². The number of nitrogens with zero attached hydrogens (tertiary/aromatic N) is 4. The van der Waals surface area contributed by atoms with Gasteiger partial charge in [-0.05, 0) is 93.2 Å². The maximum absolute atomic E-state index is 4.94.